The normalized spacial score (nSPS) is 10.5. The summed E-state index contributed by atoms with van der Waals surface area (Å²) in [7, 11) is 0. The van der Waals surface area contributed by atoms with Crippen molar-refractivity contribution < 1.29 is 14.3 Å². The van der Waals surface area contributed by atoms with Crippen LogP contribution in [0.1, 0.15) is 27.2 Å². The molecule has 0 fully saturated rings. The molecule has 0 aliphatic rings. The summed E-state index contributed by atoms with van der Waals surface area (Å²) in [4.78, 5) is 17.2. The average molecular weight is 294 g/mol. The number of aromatic hydroxyl groups is 1. The van der Waals surface area contributed by atoms with Crippen LogP contribution in [-0.4, -0.2) is 22.5 Å². The van der Waals surface area contributed by atoms with Gasteiger partial charge in [-0.15, -0.1) is 11.3 Å². The predicted molar refractivity (Wildman–Crippen MR) is 75.6 cm³/mol. The van der Waals surface area contributed by atoms with Gasteiger partial charge in [-0.05, 0) is 18.6 Å². The standard InChI is InChI=1S/C14H15FN2O2S/c1-2-10-8-17-13(20-10)5-6-16-14(19)11-4-3-9(18)7-12(11)15/h3-4,7-8,18H,2,5-6H2,1H3,(H,16,19). The molecule has 2 aromatic rings. The molecule has 0 spiro atoms. The van der Waals surface area contributed by atoms with Gasteiger partial charge in [0.25, 0.3) is 5.91 Å². The fraction of sp³-hybridized carbons (Fsp3) is 0.286. The molecule has 0 aliphatic carbocycles. The number of aryl methyl sites for hydroxylation is 1. The number of hydrogen-bond donors (Lipinski definition) is 2. The zero-order valence-electron chi connectivity index (χ0n) is 11.0. The molecule has 0 bridgehead atoms. The molecule has 1 amide bonds. The number of aromatic nitrogens is 1. The van der Waals surface area contributed by atoms with Crippen molar-refractivity contribution in [2.75, 3.05) is 6.54 Å². The van der Waals surface area contributed by atoms with Crippen LogP contribution in [0.2, 0.25) is 0 Å². The quantitative estimate of drug-likeness (QED) is 0.890. The first kappa shape index (κ1) is 14.5. The molecule has 1 aromatic heterocycles. The van der Waals surface area contributed by atoms with E-state index in [2.05, 4.69) is 17.2 Å². The second-order valence-corrected chi connectivity index (χ2v) is 5.44. The van der Waals surface area contributed by atoms with Crippen LogP contribution in [0.25, 0.3) is 0 Å². The van der Waals surface area contributed by atoms with Gasteiger partial charge in [-0.3, -0.25) is 4.79 Å². The largest absolute Gasteiger partial charge is 0.508 e. The van der Waals surface area contributed by atoms with Crippen LogP contribution >= 0.6 is 11.3 Å². The lowest BCUT2D eigenvalue weighted by Crippen LogP contribution is -2.26. The van der Waals surface area contributed by atoms with Crippen LogP contribution in [0.5, 0.6) is 5.75 Å². The van der Waals surface area contributed by atoms with Crippen molar-refractivity contribution >= 4 is 17.2 Å². The molecule has 0 saturated heterocycles. The van der Waals surface area contributed by atoms with Crippen molar-refractivity contribution in [1.29, 1.82) is 0 Å². The Hall–Kier alpha value is -1.95. The molecule has 6 heteroatoms. The Labute approximate surface area is 120 Å². The van der Waals surface area contributed by atoms with E-state index >= 15 is 0 Å². The van der Waals surface area contributed by atoms with E-state index < -0.39 is 11.7 Å². The number of carbonyl (C=O) groups excluding carboxylic acids is 1. The zero-order chi connectivity index (χ0) is 14.5. The fourth-order valence-electron chi connectivity index (χ4n) is 1.69. The topological polar surface area (TPSA) is 62.2 Å². The number of hydrogen-bond acceptors (Lipinski definition) is 4. The van der Waals surface area contributed by atoms with E-state index in [9.17, 15) is 9.18 Å². The highest BCUT2D eigenvalue weighted by Crippen LogP contribution is 2.15. The first-order chi connectivity index (χ1) is 9.60. The number of carbonyl (C=O) groups is 1. The van der Waals surface area contributed by atoms with Gasteiger partial charge >= 0.3 is 0 Å². The molecule has 0 aliphatic heterocycles. The van der Waals surface area contributed by atoms with E-state index in [4.69, 9.17) is 5.11 Å². The summed E-state index contributed by atoms with van der Waals surface area (Å²) >= 11 is 1.62. The number of halogens is 1. The Kier molecular flexibility index (Phi) is 4.68. The van der Waals surface area contributed by atoms with Crippen LogP contribution < -0.4 is 5.32 Å². The molecular formula is C14H15FN2O2S. The van der Waals surface area contributed by atoms with Crippen molar-refractivity contribution in [2.24, 2.45) is 0 Å². The lowest BCUT2D eigenvalue weighted by Gasteiger charge is -2.05. The van der Waals surface area contributed by atoms with Gasteiger partial charge in [0.1, 0.15) is 11.6 Å². The second-order valence-electron chi connectivity index (χ2n) is 4.24. The summed E-state index contributed by atoms with van der Waals surface area (Å²) in [6.07, 6.45) is 3.40. The first-order valence-corrected chi connectivity index (χ1v) is 7.12. The SMILES string of the molecule is CCc1cnc(CCNC(=O)c2ccc(O)cc2F)s1. The maximum Gasteiger partial charge on any atom is 0.254 e. The van der Waals surface area contributed by atoms with E-state index in [1.807, 2.05) is 6.20 Å². The van der Waals surface area contributed by atoms with Gasteiger partial charge in [-0.25, -0.2) is 9.37 Å². The number of thiazole rings is 1. The van der Waals surface area contributed by atoms with Gasteiger partial charge < -0.3 is 10.4 Å². The Morgan fingerprint density at radius 3 is 2.95 bits per heavy atom. The number of phenolic OH excluding ortho intramolecular Hbond substituents is 1. The Morgan fingerprint density at radius 2 is 2.30 bits per heavy atom. The summed E-state index contributed by atoms with van der Waals surface area (Å²) in [5.74, 6) is -1.42. The maximum atomic E-state index is 13.5. The molecule has 1 aromatic carbocycles. The lowest BCUT2D eigenvalue weighted by atomic mass is 10.2. The summed E-state index contributed by atoms with van der Waals surface area (Å²) < 4.78 is 13.5. The molecule has 20 heavy (non-hydrogen) atoms. The minimum absolute atomic E-state index is 0.0730. The van der Waals surface area contributed by atoms with E-state index in [1.165, 1.54) is 17.0 Å². The van der Waals surface area contributed by atoms with Crippen molar-refractivity contribution in [1.82, 2.24) is 10.3 Å². The van der Waals surface area contributed by atoms with Gasteiger partial charge in [0.15, 0.2) is 0 Å². The summed E-state index contributed by atoms with van der Waals surface area (Å²) in [6, 6.07) is 3.47. The minimum atomic E-state index is -0.731. The molecule has 106 valence electrons. The maximum absolute atomic E-state index is 13.5. The van der Waals surface area contributed by atoms with E-state index in [0.29, 0.717) is 13.0 Å². The summed E-state index contributed by atoms with van der Waals surface area (Å²) in [5, 5.41) is 12.7. The molecule has 2 rings (SSSR count). The van der Waals surface area contributed by atoms with Crippen LogP contribution in [-0.2, 0) is 12.8 Å². The minimum Gasteiger partial charge on any atom is -0.508 e. The van der Waals surface area contributed by atoms with E-state index in [-0.39, 0.29) is 11.3 Å². The van der Waals surface area contributed by atoms with Gasteiger partial charge in [-0.2, -0.15) is 0 Å². The van der Waals surface area contributed by atoms with Crippen LogP contribution in [0.3, 0.4) is 0 Å². The smallest absolute Gasteiger partial charge is 0.254 e. The molecule has 1 heterocycles. The Bertz CT molecular complexity index is 613. The number of benzene rings is 1. The number of amides is 1. The third-order valence-electron chi connectivity index (χ3n) is 2.77. The van der Waals surface area contributed by atoms with Crippen LogP contribution in [0.4, 0.5) is 4.39 Å². The average Bonchev–Trinajstić information content (AvgIpc) is 2.86. The van der Waals surface area contributed by atoms with Crippen LogP contribution in [0.15, 0.2) is 24.4 Å². The second kappa shape index (κ2) is 6.47. The third kappa shape index (κ3) is 3.54. The van der Waals surface area contributed by atoms with Gasteiger partial charge in [0, 0.05) is 30.1 Å². The van der Waals surface area contributed by atoms with Gasteiger partial charge in [0.2, 0.25) is 0 Å². The molecule has 0 atom stereocenters. The molecule has 4 nitrogen and oxygen atoms in total. The third-order valence-corrected chi connectivity index (χ3v) is 3.97. The molecule has 0 saturated carbocycles. The number of rotatable bonds is 5. The number of phenols is 1. The van der Waals surface area contributed by atoms with E-state index in [0.717, 1.165) is 17.5 Å². The fourth-order valence-corrected chi connectivity index (χ4v) is 2.56. The van der Waals surface area contributed by atoms with Crippen molar-refractivity contribution in [3.8, 4) is 5.75 Å². The van der Waals surface area contributed by atoms with Crippen molar-refractivity contribution in [2.45, 2.75) is 19.8 Å². The molecule has 0 radical (unpaired) electrons. The van der Waals surface area contributed by atoms with E-state index in [1.54, 1.807) is 11.3 Å². The highest BCUT2D eigenvalue weighted by atomic mass is 32.1. The zero-order valence-corrected chi connectivity index (χ0v) is 11.8. The first-order valence-electron chi connectivity index (χ1n) is 6.30. The van der Waals surface area contributed by atoms with Gasteiger partial charge in [0.05, 0.1) is 10.6 Å². The van der Waals surface area contributed by atoms with Crippen LogP contribution in [0, 0.1) is 5.82 Å². The predicted octanol–water partition coefficient (Wildman–Crippen LogP) is 2.52. The van der Waals surface area contributed by atoms with Crippen molar-refractivity contribution in [3.05, 3.63) is 45.7 Å². The van der Waals surface area contributed by atoms with Gasteiger partial charge in [-0.1, -0.05) is 6.92 Å². The summed E-state index contributed by atoms with van der Waals surface area (Å²) in [5.41, 5.74) is -0.0730. The highest BCUT2D eigenvalue weighted by Gasteiger charge is 2.11. The summed E-state index contributed by atoms with van der Waals surface area (Å²) in [6.45, 7) is 2.46. The monoisotopic (exact) mass is 294 g/mol. The highest BCUT2D eigenvalue weighted by molar-refractivity contribution is 7.11. The van der Waals surface area contributed by atoms with Crippen molar-refractivity contribution in [3.63, 3.8) is 0 Å². The lowest BCUT2D eigenvalue weighted by molar-refractivity contribution is 0.0950. The molecular weight excluding hydrogens is 279 g/mol. The number of nitrogens with zero attached hydrogens (tertiary/aromatic N) is 1. The Balaban J connectivity index is 1.88. The number of nitrogens with one attached hydrogen (secondary N) is 1. The molecule has 2 N–H and O–H groups in total. The molecule has 0 unspecified atom stereocenters. The Morgan fingerprint density at radius 1 is 1.50 bits per heavy atom.